The molecule has 5 nitrogen and oxygen atoms in total. The Morgan fingerprint density at radius 2 is 1.64 bits per heavy atom. The van der Waals surface area contributed by atoms with Crippen molar-refractivity contribution in [2.75, 3.05) is 21.3 Å². The van der Waals surface area contributed by atoms with Crippen molar-refractivity contribution in [2.24, 2.45) is 0 Å². The molecule has 2 rings (SSSR count). The SMILES string of the molecule is CCCCCC(P=O)c1ccccc1C(=O)c1c(OC)cc(OC)cc1OC. The Kier molecular flexibility index (Phi) is 8.46. The first kappa shape index (κ1) is 21.9. The van der Waals surface area contributed by atoms with E-state index < -0.39 is 0 Å². The minimum absolute atomic E-state index is 0.0171. The van der Waals surface area contributed by atoms with Crippen molar-refractivity contribution in [1.29, 1.82) is 0 Å². The molecule has 6 heteroatoms. The van der Waals surface area contributed by atoms with E-state index in [0.29, 0.717) is 28.4 Å². The molecule has 0 N–H and O–H groups in total. The maximum absolute atomic E-state index is 13.5. The second-order valence-corrected chi connectivity index (χ2v) is 7.27. The first-order chi connectivity index (χ1) is 13.6. The molecule has 0 bridgehead atoms. The molecule has 28 heavy (non-hydrogen) atoms. The Labute approximate surface area is 168 Å². The first-order valence-corrected chi connectivity index (χ1v) is 10.2. The molecule has 0 aliphatic heterocycles. The van der Waals surface area contributed by atoms with Crippen LogP contribution in [0.2, 0.25) is 0 Å². The van der Waals surface area contributed by atoms with Crippen LogP contribution < -0.4 is 14.2 Å². The van der Waals surface area contributed by atoms with Crippen LogP contribution in [0.5, 0.6) is 17.2 Å². The highest BCUT2D eigenvalue weighted by Crippen LogP contribution is 2.39. The van der Waals surface area contributed by atoms with E-state index >= 15 is 0 Å². The average molecular weight is 402 g/mol. The minimum atomic E-state index is -0.226. The summed E-state index contributed by atoms with van der Waals surface area (Å²) in [5.74, 6) is 1.06. The molecule has 0 aliphatic rings. The summed E-state index contributed by atoms with van der Waals surface area (Å²) in [5.41, 5.74) is 1.39. The molecular formula is C22H27O5P. The first-order valence-electron chi connectivity index (χ1n) is 9.37. The average Bonchev–Trinajstić information content (AvgIpc) is 2.75. The molecule has 0 fully saturated rings. The smallest absolute Gasteiger partial charge is 0.200 e. The summed E-state index contributed by atoms with van der Waals surface area (Å²) in [6, 6.07) is 10.6. The maximum Gasteiger partial charge on any atom is 0.200 e. The fraction of sp³-hybridized carbons (Fsp3) is 0.409. The Morgan fingerprint density at radius 3 is 2.18 bits per heavy atom. The lowest BCUT2D eigenvalue weighted by Gasteiger charge is -2.17. The van der Waals surface area contributed by atoms with Gasteiger partial charge in [-0.15, -0.1) is 0 Å². The predicted octanol–water partition coefficient (Wildman–Crippen LogP) is 5.86. The van der Waals surface area contributed by atoms with Gasteiger partial charge in [-0.25, -0.2) is 0 Å². The summed E-state index contributed by atoms with van der Waals surface area (Å²) in [6.45, 7) is 2.13. The number of methoxy groups -OCH3 is 3. The molecule has 1 atom stereocenters. The van der Waals surface area contributed by atoms with Gasteiger partial charge in [0.05, 0.1) is 27.0 Å². The van der Waals surface area contributed by atoms with Gasteiger partial charge in [0.1, 0.15) is 22.8 Å². The van der Waals surface area contributed by atoms with Crippen LogP contribution in [0.25, 0.3) is 0 Å². The second-order valence-electron chi connectivity index (χ2n) is 6.44. The predicted molar refractivity (Wildman–Crippen MR) is 110 cm³/mol. The van der Waals surface area contributed by atoms with Crippen LogP contribution in [-0.4, -0.2) is 27.1 Å². The van der Waals surface area contributed by atoms with Crippen molar-refractivity contribution in [3.8, 4) is 17.2 Å². The van der Waals surface area contributed by atoms with Crippen molar-refractivity contribution in [2.45, 2.75) is 38.3 Å². The van der Waals surface area contributed by atoms with Crippen molar-refractivity contribution in [3.63, 3.8) is 0 Å². The molecule has 0 amide bonds. The summed E-state index contributed by atoms with van der Waals surface area (Å²) in [6.07, 6.45) is 3.89. The zero-order valence-corrected chi connectivity index (χ0v) is 17.8. The summed E-state index contributed by atoms with van der Waals surface area (Å²) >= 11 is 0. The van der Waals surface area contributed by atoms with Gasteiger partial charge in [0.25, 0.3) is 0 Å². The summed E-state index contributed by atoms with van der Waals surface area (Å²) in [5, 5.41) is 0. The van der Waals surface area contributed by atoms with E-state index in [9.17, 15) is 9.36 Å². The summed E-state index contributed by atoms with van der Waals surface area (Å²) in [7, 11) is 4.56. The number of carbonyl (C=O) groups excluding carboxylic acids is 1. The fourth-order valence-corrected chi connectivity index (χ4v) is 3.84. The third-order valence-electron chi connectivity index (χ3n) is 4.71. The molecule has 1 unspecified atom stereocenters. The van der Waals surface area contributed by atoms with Gasteiger partial charge < -0.3 is 14.2 Å². The van der Waals surface area contributed by atoms with Gasteiger partial charge in [-0.05, 0) is 12.0 Å². The highest BCUT2D eigenvalue weighted by Gasteiger charge is 2.26. The summed E-state index contributed by atoms with van der Waals surface area (Å²) in [4.78, 5) is 13.5. The fourth-order valence-electron chi connectivity index (χ4n) is 3.21. The standard InChI is InChI=1S/C22H27O5P/c1-5-6-7-12-20(28-24)16-10-8-9-11-17(16)22(23)21-18(26-3)13-15(25-2)14-19(21)27-4/h8-11,13-14,20H,5-7,12H2,1-4H3. The molecule has 0 heterocycles. The lowest BCUT2D eigenvalue weighted by Crippen LogP contribution is -2.10. The van der Waals surface area contributed by atoms with Crippen LogP contribution in [0.1, 0.15) is 59.8 Å². The molecular weight excluding hydrogens is 375 g/mol. The van der Waals surface area contributed by atoms with Crippen LogP contribution in [0.4, 0.5) is 0 Å². The quantitative estimate of drug-likeness (QED) is 0.268. The lowest BCUT2D eigenvalue weighted by molar-refractivity contribution is 0.103. The van der Waals surface area contributed by atoms with Crippen molar-refractivity contribution >= 4 is 14.2 Å². The van der Waals surface area contributed by atoms with Crippen LogP contribution in [-0.2, 0) is 4.57 Å². The zero-order chi connectivity index (χ0) is 20.5. The number of hydrogen-bond donors (Lipinski definition) is 0. The molecule has 0 saturated carbocycles. The molecule has 0 aromatic heterocycles. The number of carbonyl (C=O) groups is 1. The van der Waals surface area contributed by atoms with Crippen molar-refractivity contribution in [1.82, 2.24) is 0 Å². The molecule has 150 valence electrons. The third kappa shape index (κ3) is 4.90. The van der Waals surface area contributed by atoms with Gasteiger partial charge in [-0.1, -0.05) is 50.5 Å². The van der Waals surface area contributed by atoms with E-state index in [1.165, 1.54) is 14.2 Å². The van der Waals surface area contributed by atoms with Crippen molar-refractivity contribution < 1.29 is 23.6 Å². The van der Waals surface area contributed by atoms with Crippen LogP contribution in [0.15, 0.2) is 36.4 Å². The van der Waals surface area contributed by atoms with Gasteiger partial charge in [0, 0.05) is 17.7 Å². The van der Waals surface area contributed by atoms with Crippen LogP contribution in [0.3, 0.4) is 0 Å². The van der Waals surface area contributed by atoms with E-state index in [4.69, 9.17) is 14.2 Å². The Morgan fingerprint density at radius 1 is 1.00 bits per heavy atom. The van der Waals surface area contributed by atoms with E-state index in [1.807, 2.05) is 18.2 Å². The van der Waals surface area contributed by atoms with Gasteiger partial charge in [0.15, 0.2) is 8.46 Å². The Balaban J connectivity index is 2.52. The number of ether oxygens (including phenoxy) is 3. The Bertz CT molecular complexity index is 793. The van der Waals surface area contributed by atoms with Gasteiger partial charge in [0.2, 0.25) is 5.78 Å². The molecule has 0 aliphatic carbocycles. The van der Waals surface area contributed by atoms with E-state index in [2.05, 4.69) is 6.92 Å². The Hall–Kier alpha value is -2.39. The largest absolute Gasteiger partial charge is 0.496 e. The topological polar surface area (TPSA) is 61.8 Å². The van der Waals surface area contributed by atoms with Crippen molar-refractivity contribution in [3.05, 3.63) is 53.1 Å². The second kappa shape index (κ2) is 10.8. The molecule has 2 aromatic carbocycles. The number of benzene rings is 2. The molecule has 0 radical (unpaired) electrons. The number of rotatable bonds is 11. The molecule has 0 saturated heterocycles. The molecule has 0 spiro atoms. The maximum atomic E-state index is 13.5. The van der Waals surface area contributed by atoms with E-state index in [0.717, 1.165) is 31.2 Å². The lowest BCUT2D eigenvalue weighted by atomic mass is 9.93. The molecule has 2 aromatic rings. The number of hydrogen-bond acceptors (Lipinski definition) is 5. The van der Waals surface area contributed by atoms with E-state index in [-0.39, 0.29) is 19.9 Å². The highest BCUT2D eigenvalue weighted by molar-refractivity contribution is 7.24. The zero-order valence-electron chi connectivity index (χ0n) is 16.9. The van der Waals surface area contributed by atoms with Crippen LogP contribution in [0, 0.1) is 0 Å². The summed E-state index contributed by atoms with van der Waals surface area (Å²) < 4.78 is 28.0. The normalized spacial score (nSPS) is 11.9. The van der Waals surface area contributed by atoms with Crippen LogP contribution >= 0.6 is 8.46 Å². The highest BCUT2D eigenvalue weighted by atomic mass is 31.1. The van der Waals surface area contributed by atoms with Gasteiger partial charge in [-0.2, -0.15) is 0 Å². The third-order valence-corrected chi connectivity index (χ3v) is 5.51. The van der Waals surface area contributed by atoms with Gasteiger partial charge in [-0.3, -0.25) is 9.36 Å². The number of unbranched alkanes of at least 4 members (excludes halogenated alkanes) is 2. The number of ketones is 1. The van der Waals surface area contributed by atoms with Gasteiger partial charge >= 0.3 is 0 Å². The minimum Gasteiger partial charge on any atom is -0.496 e. The van der Waals surface area contributed by atoms with E-state index in [1.54, 1.807) is 25.3 Å². The monoisotopic (exact) mass is 402 g/mol.